The fraction of sp³-hybridized carbons (Fsp3) is 0.600. The molecule has 1 N–H and O–H groups in total. The Kier molecular flexibility index (Phi) is 5.04. The molecule has 0 saturated carbocycles. The highest BCUT2D eigenvalue weighted by atomic mass is 35.5. The van der Waals surface area contributed by atoms with Crippen LogP contribution in [0.4, 0.5) is 0 Å². The van der Waals surface area contributed by atoms with Crippen LogP contribution >= 0.6 is 11.6 Å². The molecule has 0 amide bonds. The van der Waals surface area contributed by atoms with Crippen molar-refractivity contribution < 1.29 is 5.11 Å². The Morgan fingerprint density at radius 1 is 1.28 bits per heavy atom. The summed E-state index contributed by atoms with van der Waals surface area (Å²) in [6, 6.07) is 8.59. The second kappa shape index (κ2) is 6.55. The maximum atomic E-state index is 9.34. The van der Waals surface area contributed by atoms with Crippen molar-refractivity contribution in [2.24, 2.45) is 0 Å². The molecular weight excluding hydrogens is 246 g/mol. The summed E-state index contributed by atoms with van der Waals surface area (Å²) in [6.07, 6.45) is 3.39. The zero-order chi connectivity index (χ0) is 13.0. The van der Waals surface area contributed by atoms with Crippen LogP contribution in [0, 0.1) is 0 Å². The molecule has 1 aromatic carbocycles. The molecule has 100 valence electrons. The molecule has 1 fully saturated rings. The Morgan fingerprint density at radius 2 is 1.89 bits per heavy atom. The van der Waals surface area contributed by atoms with Crippen LogP contribution in [-0.4, -0.2) is 35.7 Å². The first-order valence-electron chi connectivity index (χ1n) is 6.85. The van der Waals surface area contributed by atoms with Gasteiger partial charge in [0.1, 0.15) is 0 Å². The van der Waals surface area contributed by atoms with Gasteiger partial charge < -0.3 is 5.11 Å². The standard InChI is InChI=1S/C15H22ClNO/c1-2-15(11-18)17-9-7-13(8-10-17)12-3-5-14(16)6-4-12/h3-6,13,15,18H,2,7-11H2,1H3. The van der Waals surface area contributed by atoms with Gasteiger partial charge in [0.05, 0.1) is 6.61 Å². The minimum absolute atomic E-state index is 0.280. The number of hydrogen-bond acceptors (Lipinski definition) is 2. The van der Waals surface area contributed by atoms with Gasteiger partial charge in [0.15, 0.2) is 0 Å². The third-order valence-corrected chi connectivity index (χ3v) is 4.32. The summed E-state index contributed by atoms with van der Waals surface area (Å²) in [4.78, 5) is 2.42. The average Bonchev–Trinajstić information content (AvgIpc) is 2.42. The van der Waals surface area contributed by atoms with Crippen molar-refractivity contribution in [2.45, 2.75) is 38.1 Å². The van der Waals surface area contributed by atoms with E-state index >= 15 is 0 Å². The fourth-order valence-electron chi connectivity index (χ4n) is 2.84. The van der Waals surface area contributed by atoms with Crippen LogP contribution in [0.1, 0.15) is 37.7 Å². The third kappa shape index (κ3) is 3.25. The van der Waals surface area contributed by atoms with Gasteiger partial charge in [0.25, 0.3) is 0 Å². The van der Waals surface area contributed by atoms with Crippen molar-refractivity contribution in [1.82, 2.24) is 4.90 Å². The number of hydrogen-bond donors (Lipinski definition) is 1. The normalized spacial score (nSPS) is 19.9. The van der Waals surface area contributed by atoms with Crippen molar-refractivity contribution >= 4 is 11.6 Å². The van der Waals surface area contributed by atoms with Crippen LogP contribution in [0.5, 0.6) is 0 Å². The molecule has 0 aliphatic carbocycles. The zero-order valence-corrected chi connectivity index (χ0v) is 11.7. The number of piperidine rings is 1. The Bertz CT molecular complexity index is 353. The van der Waals surface area contributed by atoms with Crippen LogP contribution in [-0.2, 0) is 0 Å². The van der Waals surface area contributed by atoms with Crippen molar-refractivity contribution in [3.63, 3.8) is 0 Å². The maximum absolute atomic E-state index is 9.34. The molecule has 1 aliphatic rings. The maximum Gasteiger partial charge on any atom is 0.0586 e. The van der Waals surface area contributed by atoms with Crippen molar-refractivity contribution in [3.05, 3.63) is 34.9 Å². The Hall–Kier alpha value is -0.570. The quantitative estimate of drug-likeness (QED) is 0.905. The number of benzene rings is 1. The number of aliphatic hydroxyl groups excluding tert-OH is 1. The van der Waals surface area contributed by atoms with E-state index in [0.717, 1.165) is 24.5 Å². The summed E-state index contributed by atoms with van der Waals surface area (Å²) in [5.74, 6) is 0.648. The molecule has 0 aromatic heterocycles. The molecule has 1 aromatic rings. The minimum atomic E-state index is 0.280. The van der Waals surface area contributed by atoms with E-state index in [1.807, 2.05) is 12.1 Å². The molecular formula is C15H22ClNO. The van der Waals surface area contributed by atoms with Gasteiger partial charge >= 0.3 is 0 Å². The first kappa shape index (κ1) is 13.9. The van der Waals surface area contributed by atoms with Crippen LogP contribution in [0.15, 0.2) is 24.3 Å². The van der Waals surface area contributed by atoms with E-state index in [2.05, 4.69) is 24.0 Å². The van der Waals surface area contributed by atoms with Gasteiger partial charge in [-0.2, -0.15) is 0 Å². The molecule has 1 heterocycles. The lowest BCUT2D eigenvalue weighted by Gasteiger charge is -2.36. The fourth-order valence-corrected chi connectivity index (χ4v) is 2.96. The largest absolute Gasteiger partial charge is 0.395 e. The van der Waals surface area contributed by atoms with E-state index in [1.54, 1.807) is 0 Å². The third-order valence-electron chi connectivity index (χ3n) is 4.07. The van der Waals surface area contributed by atoms with E-state index in [4.69, 9.17) is 11.6 Å². The van der Waals surface area contributed by atoms with Gasteiger partial charge in [0, 0.05) is 11.1 Å². The lowest BCUT2D eigenvalue weighted by atomic mass is 9.89. The van der Waals surface area contributed by atoms with Gasteiger partial charge in [-0.25, -0.2) is 0 Å². The summed E-state index contributed by atoms with van der Waals surface area (Å²) >= 11 is 5.92. The van der Waals surface area contributed by atoms with E-state index in [9.17, 15) is 5.11 Å². The number of halogens is 1. The second-order valence-corrected chi connectivity index (χ2v) is 5.54. The number of likely N-dealkylation sites (tertiary alicyclic amines) is 1. The van der Waals surface area contributed by atoms with Gasteiger partial charge in [0.2, 0.25) is 0 Å². The lowest BCUT2D eigenvalue weighted by Crippen LogP contribution is -2.42. The van der Waals surface area contributed by atoms with Crippen LogP contribution in [0.25, 0.3) is 0 Å². The summed E-state index contributed by atoms with van der Waals surface area (Å²) in [5.41, 5.74) is 1.40. The number of rotatable bonds is 4. The monoisotopic (exact) mass is 267 g/mol. The van der Waals surface area contributed by atoms with Gasteiger partial charge in [-0.05, 0) is 56.0 Å². The Balaban J connectivity index is 1.92. The van der Waals surface area contributed by atoms with Crippen molar-refractivity contribution in [2.75, 3.05) is 19.7 Å². The smallest absolute Gasteiger partial charge is 0.0586 e. The summed E-state index contributed by atoms with van der Waals surface area (Å²) in [7, 11) is 0. The van der Waals surface area contributed by atoms with Crippen LogP contribution < -0.4 is 0 Å². The van der Waals surface area contributed by atoms with Crippen LogP contribution in [0.3, 0.4) is 0 Å². The SMILES string of the molecule is CCC(CO)N1CCC(c2ccc(Cl)cc2)CC1. The zero-order valence-electron chi connectivity index (χ0n) is 11.0. The molecule has 0 bridgehead atoms. The average molecular weight is 268 g/mol. The molecule has 0 radical (unpaired) electrons. The summed E-state index contributed by atoms with van der Waals surface area (Å²) in [5, 5.41) is 10.1. The van der Waals surface area contributed by atoms with Crippen LogP contribution in [0.2, 0.25) is 5.02 Å². The summed E-state index contributed by atoms with van der Waals surface area (Å²) in [6.45, 7) is 4.60. The molecule has 1 saturated heterocycles. The first-order chi connectivity index (χ1) is 8.74. The molecule has 3 heteroatoms. The van der Waals surface area contributed by atoms with Crippen molar-refractivity contribution in [3.8, 4) is 0 Å². The second-order valence-electron chi connectivity index (χ2n) is 5.11. The lowest BCUT2D eigenvalue weighted by molar-refractivity contribution is 0.0953. The Labute approximate surface area is 115 Å². The molecule has 1 unspecified atom stereocenters. The first-order valence-corrected chi connectivity index (χ1v) is 7.22. The van der Waals surface area contributed by atoms with Gasteiger partial charge in [-0.15, -0.1) is 0 Å². The molecule has 18 heavy (non-hydrogen) atoms. The number of aliphatic hydroxyl groups is 1. The van der Waals surface area contributed by atoms with Gasteiger partial charge in [-0.1, -0.05) is 30.7 Å². The molecule has 2 nitrogen and oxygen atoms in total. The molecule has 1 atom stereocenters. The highest BCUT2D eigenvalue weighted by Gasteiger charge is 2.24. The van der Waals surface area contributed by atoms with Crippen molar-refractivity contribution in [1.29, 1.82) is 0 Å². The highest BCUT2D eigenvalue weighted by Crippen LogP contribution is 2.29. The Morgan fingerprint density at radius 3 is 2.39 bits per heavy atom. The highest BCUT2D eigenvalue weighted by molar-refractivity contribution is 6.30. The van der Waals surface area contributed by atoms with E-state index in [1.165, 1.54) is 18.4 Å². The predicted octanol–water partition coefficient (Wildman–Crippen LogP) is 3.29. The number of nitrogens with zero attached hydrogens (tertiary/aromatic N) is 1. The molecule has 2 rings (SSSR count). The predicted molar refractivity (Wildman–Crippen MR) is 76.2 cm³/mol. The van der Waals surface area contributed by atoms with Gasteiger partial charge in [-0.3, -0.25) is 4.90 Å². The topological polar surface area (TPSA) is 23.5 Å². The van der Waals surface area contributed by atoms with E-state index in [0.29, 0.717) is 12.0 Å². The summed E-state index contributed by atoms with van der Waals surface area (Å²) < 4.78 is 0. The molecule has 1 aliphatic heterocycles. The van der Waals surface area contributed by atoms with E-state index < -0.39 is 0 Å². The molecule has 0 spiro atoms. The minimum Gasteiger partial charge on any atom is -0.395 e. The van der Waals surface area contributed by atoms with E-state index in [-0.39, 0.29) is 6.61 Å².